The van der Waals surface area contributed by atoms with E-state index in [0.717, 1.165) is 17.4 Å². The molecule has 0 saturated carbocycles. The van der Waals surface area contributed by atoms with Crippen LogP contribution in [0.4, 0.5) is 5.69 Å². The van der Waals surface area contributed by atoms with Gasteiger partial charge in [0.25, 0.3) is 5.91 Å². The lowest BCUT2D eigenvalue weighted by Gasteiger charge is -2.32. The molecule has 11 heteroatoms. The molecule has 1 heterocycles. The largest absolute Gasteiger partial charge is 0.492 e. The van der Waals surface area contributed by atoms with E-state index in [-0.39, 0.29) is 28.9 Å². The van der Waals surface area contributed by atoms with E-state index in [4.69, 9.17) is 16.3 Å². The predicted octanol–water partition coefficient (Wildman–Crippen LogP) is 2.78. The molecule has 9 nitrogen and oxygen atoms in total. The molecule has 2 amide bonds. The molecule has 1 N–H and O–H groups in total. The van der Waals surface area contributed by atoms with Crippen molar-refractivity contribution in [2.45, 2.75) is 18.7 Å². The van der Waals surface area contributed by atoms with Crippen molar-refractivity contribution in [2.24, 2.45) is 0 Å². The van der Waals surface area contributed by atoms with Gasteiger partial charge in [-0.15, -0.1) is 0 Å². The molecule has 0 bridgehead atoms. The van der Waals surface area contributed by atoms with Crippen molar-refractivity contribution in [1.82, 2.24) is 14.1 Å². The molecule has 35 heavy (non-hydrogen) atoms. The summed E-state index contributed by atoms with van der Waals surface area (Å²) in [5.74, 6) is -0.151. The van der Waals surface area contributed by atoms with Crippen LogP contribution in [0.5, 0.6) is 5.75 Å². The third-order valence-corrected chi connectivity index (χ3v) is 7.93. The van der Waals surface area contributed by atoms with Gasteiger partial charge in [0.15, 0.2) is 0 Å². The van der Waals surface area contributed by atoms with Crippen molar-refractivity contribution in [3.05, 3.63) is 53.1 Å². The number of hydrogen-bond acceptors (Lipinski definition) is 6. The number of hydrogen-bond donors (Lipinski definition) is 1. The monoisotopic (exact) mass is 522 g/mol. The summed E-state index contributed by atoms with van der Waals surface area (Å²) >= 11 is 6.15. The molecule has 0 aliphatic carbocycles. The van der Waals surface area contributed by atoms with Gasteiger partial charge in [0.05, 0.1) is 23.1 Å². The highest BCUT2D eigenvalue weighted by Crippen LogP contribution is 2.28. The van der Waals surface area contributed by atoms with Crippen LogP contribution in [0.25, 0.3) is 0 Å². The summed E-state index contributed by atoms with van der Waals surface area (Å²) < 4.78 is 32.6. The van der Waals surface area contributed by atoms with Crippen LogP contribution < -0.4 is 10.1 Å². The van der Waals surface area contributed by atoms with Crippen LogP contribution in [0.2, 0.25) is 5.02 Å². The van der Waals surface area contributed by atoms with Crippen molar-refractivity contribution < 1.29 is 22.7 Å². The first-order valence-electron chi connectivity index (χ1n) is 11.5. The van der Waals surface area contributed by atoms with Crippen LogP contribution in [-0.4, -0.2) is 87.3 Å². The number of rotatable bonds is 9. The Kier molecular flexibility index (Phi) is 9.12. The highest BCUT2D eigenvalue weighted by atomic mass is 35.5. The van der Waals surface area contributed by atoms with Crippen molar-refractivity contribution in [3.63, 3.8) is 0 Å². The molecule has 0 atom stereocenters. The van der Waals surface area contributed by atoms with E-state index in [0.29, 0.717) is 36.7 Å². The van der Waals surface area contributed by atoms with Gasteiger partial charge in [0.2, 0.25) is 15.9 Å². The zero-order valence-corrected chi connectivity index (χ0v) is 21.7. The summed E-state index contributed by atoms with van der Waals surface area (Å²) in [7, 11) is -1.92. The molecule has 0 radical (unpaired) electrons. The lowest BCUT2D eigenvalue weighted by atomic mass is 10.1. The minimum absolute atomic E-state index is 0.0209. The van der Waals surface area contributed by atoms with Crippen LogP contribution >= 0.6 is 11.6 Å². The van der Waals surface area contributed by atoms with Crippen LogP contribution in [0, 0.1) is 0 Å². The highest BCUT2D eigenvalue weighted by Gasteiger charge is 2.26. The minimum atomic E-state index is -3.95. The van der Waals surface area contributed by atoms with E-state index < -0.39 is 15.9 Å². The number of piperazine rings is 1. The van der Waals surface area contributed by atoms with Gasteiger partial charge in [-0.2, -0.15) is 4.31 Å². The zero-order valence-electron chi connectivity index (χ0n) is 20.2. The number of benzene rings is 2. The Labute approximate surface area is 211 Å². The van der Waals surface area contributed by atoms with Crippen molar-refractivity contribution in [3.8, 4) is 5.75 Å². The lowest BCUT2D eigenvalue weighted by Crippen LogP contribution is -2.47. The fourth-order valence-electron chi connectivity index (χ4n) is 3.68. The van der Waals surface area contributed by atoms with Crippen molar-refractivity contribution in [2.75, 3.05) is 58.2 Å². The van der Waals surface area contributed by atoms with Gasteiger partial charge in [-0.3, -0.25) is 9.59 Å². The highest BCUT2D eigenvalue weighted by molar-refractivity contribution is 7.89. The minimum Gasteiger partial charge on any atom is -0.492 e. The summed E-state index contributed by atoms with van der Waals surface area (Å²) in [6, 6.07) is 10.8. The van der Waals surface area contributed by atoms with Gasteiger partial charge < -0.3 is 19.9 Å². The summed E-state index contributed by atoms with van der Waals surface area (Å²) in [6.07, 6.45) is 0. The molecule has 2 aromatic carbocycles. The second-order valence-corrected chi connectivity index (χ2v) is 10.5. The summed E-state index contributed by atoms with van der Waals surface area (Å²) in [6.45, 7) is 6.60. The van der Waals surface area contributed by atoms with Gasteiger partial charge in [-0.25, -0.2) is 8.42 Å². The van der Waals surface area contributed by atoms with E-state index in [9.17, 15) is 18.0 Å². The second kappa shape index (κ2) is 11.9. The Morgan fingerprint density at radius 3 is 2.29 bits per heavy atom. The smallest absolute Gasteiger partial charge is 0.253 e. The van der Waals surface area contributed by atoms with Crippen molar-refractivity contribution >= 4 is 39.1 Å². The topological polar surface area (TPSA) is 99.3 Å². The molecular formula is C24H31ClN4O5S. The number of carbonyl (C=O) groups excluding carboxylic acids is 2. The third kappa shape index (κ3) is 6.72. The Balaban J connectivity index is 1.63. The van der Waals surface area contributed by atoms with Crippen LogP contribution in [-0.2, 0) is 14.8 Å². The summed E-state index contributed by atoms with van der Waals surface area (Å²) in [5.41, 5.74) is 1.01. The molecular weight excluding hydrogens is 492 g/mol. The van der Waals surface area contributed by atoms with E-state index in [1.165, 1.54) is 18.2 Å². The van der Waals surface area contributed by atoms with E-state index in [1.54, 1.807) is 38.1 Å². The Bertz CT molecular complexity index is 1150. The molecule has 0 aromatic heterocycles. The number of amides is 2. The van der Waals surface area contributed by atoms with Crippen LogP contribution in [0.3, 0.4) is 0 Å². The molecule has 0 unspecified atom stereocenters. The number of carbonyl (C=O) groups is 2. The standard InChI is InChI=1S/C24H31ClN4O5S/c1-4-29(35(32,33)20-10-11-22(34-5-2)21(25)16-20)17-23(30)26-19-8-6-18(7-9-19)24(31)28-14-12-27(3)13-15-28/h6-11,16H,4-5,12-15,17H2,1-3H3,(H,26,30). The van der Waals surface area contributed by atoms with Crippen LogP contribution in [0.1, 0.15) is 24.2 Å². The first-order valence-corrected chi connectivity index (χ1v) is 13.3. The van der Waals surface area contributed by atoms with Gasteiger partial charge >= 0.3 is 0 Å². The van der Waals surface area contributed by atoms with E-state index in [1.807, 2.05) is 11.9 Å². The van der Waals surface area contributed by atoms with Gasteiger partial charge in [-0.1, -0.05) is 18.5 Å². The molecule has 2 aromatic rings. The average Bonchev–Trinajstić information content (AvgIpc) is 2.84. The first kappa shape index (κ1) is 26.9. The fourth-order valence-corrected chi connectivity index (χ4v) is 5.41. The Morgan fingerprint density at radius 1 is 1.06 bits per heavy atom. The number of likely N-dealkylation sites (N-methyl/N-ethyl adjacent to an activating group) is 2. The second-order valence-electron chi connectivity index (χ2n) is 8.18. The van der Waals surface area contributed by atoms with Gasteiger partial charge in [0.1, 0.15) is 5.75 Å². The number of nitrogens with zero attached hydrogens (tertiary/aromatic N) is 3. The van der Waals surface area contributed by atoms with Gasteiger partial charge in [-0.05, 0) is 56.4 Å². The maximum atomic E-state index is 13.1. The van der Waals surface area contributed by atoms with E-state index >= 15 is 0 Å². The zero-order chi connectivity index (χ0) is 25.6. The molecule has 190 valence electrons. The maximum Gasteiger partial charge on any atom is 0.253 e. The molecule has 1 aliphatic rings. The molecule has 3 rings (SSSR count). The quantitative estimate of drug-likeness (QED) is 0.543. The predicted molar refractivity (Wildman–Crippen MR) is 136 cm³/mol. The van der Waals surface area contributed by atoms with E-state index in [2.05, 4.69) is 10.2 Å². The van der Waals surface area contributed by atoms with Crippen molar-refractivity contribution in [1.29, 1.82) is 0 Å². The number of anilines is 1. The molecule has 1 aliphatic heterocycles. The lowest BCUT2D eigenvalue weighted by molar-refractivity contribution is -0.116. The normalized spacial score (nSPS) is 14.7. The maximum absolute atomic E-state index is 13.1. The SMILES string of the molecule is CCOc1ccc(S(=O)(=O)N(CC)CC(=O)Nc2ccc(C(=O)N3CCN(C)CC3)cc2)cc1Cl. The number of nitrogens with one attached hydrogen (secondary N) is 1. The number of halogens is 1. The first-order chi connectivity index (χ1) is 16.6. The van der Waals surface area contributed by atoms with Gasteiger partial charge in [0, 0.05) is 44.0 Å². The Hall–Kier alpha value is -2.66. The number of ether oxygens (including phenoxy) is 1. The molecule has 0 spiro atoms. The summed E-state index contributed by atoms with van der Waals surface area (Å²) in [5, 5.41) is 2.88. The van der Waals surface area contributed by atoms with Crippen LogP contribution in [0.15, 0.2) is 47.4 Å². The summed E-state index contributed by atoms with van der Waals surface area (Å²) in [4.78, 5) is 29.3. The average molecular weight is 523 g/mol. The molecule has 1 saturated heterocycles. The number of sulfonamides is 1. The third-order valence-electron chi connectivity index (χ3n) is 5.72. The molecule has 1 fully saturated rings. The fraction of sp³-hybridized carbons (Fsp3) is 0.417. The Morgan fingerprint density at radius 2 is 1.71 bits per heavy atom.